The zero-order valence-electron chi connectivity index (χ0n) is 13.5. The van der Waals surface area contributed by atoms with Crippen LogP contribution in [0, 0.1) is 26.6 Å². The minimum Gasteiger partial charge on any atom is -0.459 e. The molecule has 24 heavy (non-hydrogen) atoms. The van der Waals surface area contributed by atoms with Crippen LogP contribution in [0.5, 0.6) is 0 Å². The average molecular weight is 329 g/mol. The summed E-state index contributed by atoms with van der Waals surface area (Å²) in [7, 11) is 0. The molecular formula is C17H16FN3O3. The molecule has 3 rings (SSSR count). The van der Waals surface area contributed by atoms with Crippen molar-refractivity contribution in [3.63, 3.8) is 0 Å². The predicted molar refractivity (Wildman–Crippen MR) is 86.4 cm³/mol. The summed E-state index contributed by atoms with van der Waals surface area (Å²) in [5, 5.41) is 3.26. The van der Waals surface area contributed by atoms with Crippen LogP contribution in [0.3, 0.4) is 0 Å². The van der Waals surface area contributed by atoms with Gasteiger partial charge < -0.3 is 14.7 Å². The van der Waals surface area contributed by atoms with E-state index in [-0.39, 0.29) is 18.1 Å². The molecule has 0 unspecified atom stereocenters. The second-order valence-corrected chi connectivity index (χ2v) is 5.60. The van der Waals surface area contributed by atoms with Gasteiger partial charge in [-0.25, -0.2) is 9.37 Å². The summed E-state index contributed by atoms with van der Waals surface area (Å²) in [6.45, 7) is 5.28. The molecule has 0 radical (unpaired) electrons. The van der Waals surface area contributed by atoms with E-state index in [4.69, 9.17) is 4.42 Å². The molecule has 2 heterocycles. The average Bonchev–Trinajstić information content (AvgIpc) is 2.84. The van der Waals surface area contributed by atoms with Gasteiger partial charge in [0.15, 0.2) is 5.69 Å². The van der Waals surface area contributed by atoms with Crippen molar-refractivity contribution in [2.45, 2.75) is 27.3 Å². The molecule has 6 nitrogen and oxygen atoms in total. The molecule has 0 atom stereocenters. The lowest BCUT2D eigenvalue weighted by molar-refractivity contribution is 0.0941. The second-order valence-electron chi connectivity index (χ2n) is 5.60. The third-order valence-electron chi connectivity index (χ3n) is 3.96. The standard InChI is InChI=1S/C17H16FN3O3/c1-8-12-6-11(18)4-5-13(12)24-14(8)7-19-16(22)15-17(23)21-10(3)9(2)20-15/h4-6H,7H2,1-3H3,(H,19,22)(H,21,23). The van der Waals surface area contributed by atoms with Crippen LogP contribution < -0.4 is 10.9 Å². The minimum absolute atomic E-state index is 0.0784. The number of aromatic amines is 1. The van der Waals surface area contributed by atoms with Crippen LogP contribution in [-0.2, 0) is 6.54 Å². The van der Waals surface area contributed by atoms with E-state index in [0.29, 0.717) is 28.1 Å². The fourth-order valence-electron chi connectivity index (χ4n) is 2.43. The lowest BCUT2D eigenvalue weighted by atomic mass is 10.1. The van der Waals surface area contributed by atoms with Crippen LogP contribution >= 0.6 is 0 Å². The van der Waals surface area contributed by atoms with Crippen molar-refractivity contribution in [3.8, 4) is 0 Å². The topological polar surface area (TPSA) is 88.0 Å². The first-order chi connectivity index (χ1) is 11.4. The lowest BCUT2D eigenvalue weighted by Crippen LogP contribution is -2.31. The highest BCUT2D eigenvalue weighted by atomic mass is 19.1. The van der Waals surface area contributed by atoms with Crippen molar-refractivity contribution >= 4 is 16.9 Å². The van der Waals surface area contributed by atoms with Gasteiger partial charge in [0.25, 0.3) is 11.5 Å². The van der Waals surface area contributed by atoms with E-state index in [1.807, 2.05) is 0 Å². The second kappa shape index (κ2) is 5.92. The molecule has 0 fully saturated rings. The Balaban J connectivity index is 1.83. The summed E-state index contributed by atoms with van der Waals surface area (Å²) >= 11 is 0. The van der Waals surface area contributed by atoms with Gasteiger partial charge in [0, 0.05) is 16.6 Å². The Bertz CT molecular complexity index is 1000. The zero-order valence-corrected chi connectivity index (χ0v) is 13.5. The lowest BCUT2D eigenvalue weighted by Gasteiger charge is -2.05. The molecule has 0 saturated carbocycles. The Morgan fingerprint density at radius 2 is 2.08 bits per heavy atom. The van der Waals surface area contributed by atoms with Crippen molar-refractivity contribution in [1.82, 2.24) is 15.3 Å². The van der Waals surface area contributed by atoms with Gasteiger partial charge in [0.05, 0.1) is 12.2 Å². The SMILES string of the molecule is Cc1nc(C(=O)NCc2oc3ccc(F)cc3c2C)c(=O)[nH]c1C. The molecule has 0 spiro atoms. The molecule has 7 heteroatoms. The van der Waals surface area contributed by atoms with Crippen LogP contribution in [0.1, 0.15) is 33.2 Å². The molecule has 3 aromatic rings. The summed E-state index contributed by atoms with van der Waals surface area (Å²) in [4.78, 5) is 30.6. The van der Waals surface area contributed by atoms with Crippen LogP contribution in [0.25, 0.3) is 11.0 Å². The van der Waals surface area contributed by atoms with Crippen molar-refractivity contribution in [2.24, 2.45) is 0 Å². The maximum atomic E-state index is 13.3. The van der Waals surface area contributed by atoms with E-state index in [1.165, 1.54) is 12.1 Å². The summed E-state index contributed by atoms with van der Waals surface area (Å²) in [5.41, 5.74) is 1.74. The monoisotopic (exact) mass is 329 g/mol. The fourth-order valence-corrected chi connectivity index (χ4v) is 2.43. The third kappa shape index (κ3) is 2.80. The summed E-state index contributed by atoms with van der Waals surface area (Å²) in [5.74, 6) is -0.442. The summed E-state index contributed by atoms with van der Waals surface area (Å²) in [6.07, 6.45) is 0. The normalized spacial score (nSPS) is 11.0. The molecule has 0 aliphatic carbocycles. The van der Waals surface area contributed by atoms with E-state index in [9.17, 15) is 14.0 Å². The van der Waals surface area contributed by atoms with Gasteiger partial charge in [-0.05, 0) is 39.0 Å². The number of carbonyl (C=O) groups is 1. The molecule has 2 N–H and O–H groups in total. The molecule has 1 aromatic carbocycles. The molecule has 0 aliphatic rings. The van der Waals surface area contributed by atoms with Gasteiger partial charge in [0.2, 0.25) is 0 Å². The van der Waals surface area contributed by atoms with Gasteiger partial charge in [0.1, 0.15) is 17.2 Å². The quantitative estimate of drug-likeness (QED) is 0.773. The van der Waals surface area contributed by atoms with E-state index >= 15 is 0 Å². The summed E-state index contributed by atoms with van der Waals surface area (Å²) < 4.78 is 18.9. The van der Waals surface area contributed by atoms with E-state index in [2.05, 4.69) is 15.3 Å². The highest BCUT2D eigenvalue weighted by Crippen LogP contribution is 2.25. The largest absolute Gasteiger partial charge is 0.459 e. The number of aryl methyl sites for hydroxylation is 3. The minimum atomic E-state index is -0.592. The first-order valence-corrected chi connectivity index (χ1v) is 7.40. The number of nitrogens with one attached hydrogen (secondary N) is 2. The van der Waals surface area contributed by atoms with E-state index in [0.717, 1.165) is 5.56 Å². The van der Waals surface area contributed by atoms with Crippen molar-refractivity contribution in [2.75, 3.05) is 0 Å². The van der Waals surface area contributed by atoms with Crippen LogP contribution in [-0.4, -0.2) is 15.9 Å². The molecule has 0 saturated heterocycles. The van der Waals surface area contributed by atoms with Gasteiger partial charge in [-0.15, -0.1) is 0 Å². The van der Waals surface area contributed by atoms with Crippen LogP contribution in [0.15, 0.2) is 27.4 Å². The Hall–Kier alpha value is -2.96. The van der Waals surface area contributed by atoms with Crippen molar-refractivity contribution in [1.29, 1.82) is 0 Å². The highest BCUT2D eigenvalue weighted by Gasteiger charge is 2.16. The van der Waals surface area contributed by atoms with Gasteiger partial charge in [-0.2, -0.15) is 0 Å². The van der Waals surface area contributed by atoms with Gasteiger partial charge in [-0.1, -0.05) is 0 Å². The maximum Gasteiger partial charge on any atom is 0.279 e. The number of carbonyl (C=O) groups excluding carboxylic acids is 1. The van der Waals surface area contributed by atoms with Crippen molar-refractivity contribution in [3.05, 3.63) is 62.8 Å². The van der Waals surface area contributed by atoms with E-state index < -0.39 is 11.5 Å². The molecule has 2 aromatic heterocycles. The zero-order chi connectivity index (χ0) is 17.4. The Kier molecular flexibility index (Phi) is 3.92. The number of nitrogens with zero attached hydrogens (tertiary/aromatic N) is 1. The molecule has 0 aliphatic heterocycles. The number of fused-ring (bicyclic) bond motifs is 1. The summed E-state index contributed by atoms with van der Waals surface area (Å²) in [6, 6.07) is 4.24. The Labute approximate surface area is 136 Å². The molecule has 0 bridgehead atoms. The number of furan rings is 1. The number of hydrogen-bond acceptors (Lipinski definition) is 4. The van der Waals surface area contributed by atoms with Crippen molar-refractivity contribution < 1.29 is 13.6 Å². The highest BCUT2D eigenvalue weighted by molar-refractivity contribution is 5.92. The number of rotatable bonds is 3. The molecule has 1 amide bonds. The first kappa shape index (κ1) is 15.9. The predicted octanol–water partition coefficient (Wildman–Crippen LogP) is 2.51. The number of amides is 1. The third-order valence-corrected chi connectivity index (χ3v) is 3.96. The fraction of sp³-hybridized carbons (Fsp3) is 0.235. The van der Waals surface area contributed by atoms with Crippen LogP contribution in [0.2, 0.25) is 0 Å². The molecular weight excluding hydrogens is 313 g/mol. The van der Waals surface area contributed by atoms with E-state index in [1.54, 1.807) is 26.8 Å². The number of halogens is 1. The van der Waals surface area contributed by atoms with Crippen LogP contribution in [0.4, 0.5) is 4.39 Å². The number of H-pyrrole nitrogens is 1. The Morgan fingerprint density at radius 3 is 2.83 bits per heavy atom. The van der Waals surface area contributed by atoms with Gasteiger partial charge in [-0.3, -0.25) is 9.59 Å². The first-order valence-electron chi connectivity index (χ1n) is 7.40. The number of benzene rings is 1. The number of hydrogen-bond donors (Lipinski definition) is 2. The maximum absolute atomic E-state index is 13.3. The smallest absolute Gasteiger partial charge is 0.279 e. The van der Waals surface area contributed by atoms with Gasteiger partial charge >= 0.3 is 0 Å². The number of aromatic nitrogens is 2. The Morgan fingerprint density at radius 1 is 1.33 bits per heavy atom. The molecule has 124 valence electrons.